The first-order valence-corrected chi connectivity index (χ1v) is 11.2. The van der Waals surface area contributed by atoms with Crippen LogP contribution in [0.5, 0.6) is 5.75 Å². The van der Waals surface area contributed by atoms with E-state index in [2.05, 4.69) is 4.72 Å². The minimum Gasteiger partial charge on any atom is -0.491 e. The van der Waals surface area contributed by atoms with Crippen LogP contribution < -0.4 is 9.46 Å². The summed E-state index contributed by atoms with van der Waals surface area (Å²) in [5.74, 6) is 0.675. The van der Waals surface area contributed by atoms with Gasteiger partial charge in [-0.15, -0.1) is 0 Å². The summed E-state index contributed by atoms with van der Waals surface area (Å²) in [4.78, 5) is 4.97. The predicted octanol–water partition coefficient (Wildman–Crippen LogP) is 4.57. The van der Waals surface area contributed by atoms with Crippen LogP contribution in [-0.4, -0.2) is 26.6 Å². The lowest BCUT2D eigenvalue weighted by Gasteiger charge is -2.12. The Morgan fingerprint density at radius 3 is 2.37 bits per heavy atom. The van der Waals surface area contributed by atoms with Gasteiger partial charge in [-0.05, 0) is 31.2 Å². The number of ether oxygens (including phenoxy) is 1. The smallest absolute Gasteiger partial charge is 0.240 e. The second-order valence-electron chi connectivity index (χ2n) is 6.95. The van der Waals surface area contributed by atoms with Crippen molar-refractivity contribution in [3.63, 3.8) is 0 Å². The summed E-state index contributed by atoms with van der Waals surface area (Å²) in [6.07, 6.45) is 0. The molecule has 0 atom stereocenters. The number of rotatable bonds is 7. The summed E-state index contributed by atoms with van der Waals surface area (Å²) in [5, 5.41) is 0.888. The van der Waals surface area contributed by atoms with Gasteiger partial charge in [0.1, 0.15) is 12.4 Å². The number of nitrogens with one attached hydrogen (secondary N) is 1. The largest absolute Gasteiger partial charge is 0.491 e. The third kappa shape index (κ3) is 4.50. The molecule has 4 aromatic rings. The molecule has 0 saturated heterocycles. The quantitative estimate of drug-likeness (QED) is 0.447. The highest BCUT2D eigenvalue weighted by Gasteiger charge is 2.13. The van der Waals surface area contributed by atoms with Gasteiger partial charge in [0.2, 0.25) is 10.0 Å². The third-order valence-corrected chi connectivity index (χ3v) is 6.21. The number of nitrogens with zero attached hydrogens (tertiary/aromatic N) is 1. The van der Waals surface area contributed by atoms with Gasteiger partial charge in [-0.2, -0.15) is 0 Å². The number of sulfonamides is 1. The lowest BCUT2D eigenvalue weighted by Crippen LogP contribution is -2.28. The lowest BCUT2D eigenvalue weighted by atomic mass is 10.1. The van der Waals surface area contributed by atoms with E-state index in [9.17, 15) is 8.42 Å². The molecule has 0 aliphatic rings. The Labute approximate surface area is 176 Å². The topological polar surface area (TPSA) is 68.3 Å². The molecule has 3 aromatic carbocycles. The van der Waals surface area contributed by atoms with Crippen LogP contribution in [0.25, 0.3) is 22.2 Å². The van der Waals surface area contributed by atoms with E-state index in [0.717, 1.165) is 27.7 Å². The van der Waals surface area contributed by atoms with Gasteiger partial charge in [0.15, 0.2) is 0 Å². The molecule has 1 heterocycles. The van der Waals surface area contributed by atoms with Crippen LogP contribution in [0.2, 0.25) is 0 Å². The van der Waals surface area contributed by atoms with Gasteiger partial charge in [0.05, 0.1) is 16.1 Å². The van der Waals surface area contributed by atoms with Gasteiger partial charge in [0.25, 0.3) is 0 Å². The lowest BCUT2D eigenvalue weighted by molar-refractivity contribution is 0.326. The van der Waals surface area contributed by atoms with E-state index in [-0.39, 0.29) is 18.0 Å². The van der Waals surface area contributed by atoms with E-state index in [1.54, 1.807) is 24.3 Å². The van der Waals surface area contributed by atoms with Crippen LogP contribution in [-0.2, 0) is 10.0 Å². The van der Waals surface area contributed by atoms with E-state index in [4.69, 9.17) is 9.72 Å². The van der Waals surface area contributed by atoms with Gasteiger partial charge >= 0.3 is 0 Å². The van der Waals surface area contributed by atoms with Gasteiger partial charge in [-0.3, -0.25) is 0 Å². The predicted molar refractivity (Wildman–Crippen MR) is 119 cm³/mol. The normalized spacial score (nSPS) is 11.5. The molecule has 1 N–H and O–H groups in total. The van der Waals surface area contributed by atoms with Crippen LogP contribution in [0, 0.1) is 6.92 Å². The Balaban J connectivity index is 1.50. The molecular weight excluding hydrogens is 396 g/mol. The molecule has 0 fully saturated rings. The summed E-state index contributed by atoms with van der Waals surface area (Å²) < 4.78 is 33.4. The number of pyridine rings is 1. The summed E-state index contributed by atoms with van der Waals surface area (Å²) >= 11 is 0. The van der Waals surface area contributed by atoms with Crippen LogP contribution in [0.15, 0.2) is 89.8 Å². The second-order valence-corrected chi connectivity index (χ2v) is 8.72. The van der Waals surface area contributed by atoms with Crippen molar-refractivity contribution in [2.75, 3.05) is 13.2 Å². The third-order valence-electron chi connectivity index (χ3n) is 4.73. The molecule has 0 spiro atoms. The Hall–Kier alpha value is -3.22. The molecule has 4 rings (SSSR count). The van der Waals surface area contributed by atoms with E-state index in [1.807, 2.05) is 67.6 Å². The van der Waals surface area contributed by atoms with E-state index < -0.39 is 10.0 Å². The molecule has 152 valence electrons. The van der Waals surface area contributed by atoms with Crippen molar-refractivity contribution in [3.8, 4) is 17.0 Å². The molecule has 1 aromatic heterocycles. The Morgan fingerprint density at radius 2 is 1.60 bits per heavy atom. The summed E-state index contributed by atoms with van der Waals surface area (Å²) in [6, 6.07) is 26.3. The van der Waals surface area contributed by atoms with E-state index >= 15 is 0 Å². The van der Waals surface area contributed by atoms with Crippen LogP contribution >= 0.6 is 0 Å². The Bertz CT molecular complexity index is 1250. The molecule has 6 heteroatoms. The summed E-state index contributed by atoms with van der Waals surface area (Å²) in [7, 11) is -3.57. The zero-order valence-corrected chi connectivity index (χ0v) is 17.4. The maximum atomic E-state index is 12.4. The van der Waals surface area contributed by atoms with Gasteiger partial charge in [-0.1, -0.05) is 60.2 Å². The molecule has 0 bridgehead atoms. The molecule has 0 saturated carbocycles. The fourth-order valence-corrected chi connectivity index (χ4v) is 4.17. The van der Waals surface area contributed by atoms with Crippen LogP contribution in [0.3, 0.4) is 0 Å². The molecule has 0 radical (unpaired) electrons. The van der Waals surface area contributed by atoms with Crippen molar-refractivity contribution in [1.82, 2.24) is 9.71 Å². The minimum atomic E-state index is -3.57. The molecule has 0 aliphatic heterocycles. The highest BCUT2D eigenvalue weighted by atomic mass is 32.2. The number of para-hydroxylation sites is 1. The molecular formula is C24H22N2O3S. The second kappa shape index (κ2) is 8.65. The number of fused-ring (bicyclic) bond motifs is 1. The first-order chi connectivity index (χ1) is 14.5. The molecule has 30 heavy (non-hydrogen) atoms. The fraction of sp³-hybridized carbons (Fsp3) is 0.125. The Morgan fingerprint density at radius 1 is 0.900 bits per heavy atom. The zero-order chi connectivity index (χ0) is 21.0. The average Bonchev–Trinajstić information content (AvgIpc) is 2.77. The molecule has 0 amide bonds. The van der Waals surface area contributed by atoms with Crippen molar-refractivity contribution >= 4 is 20.9 Å². The highest BCUT2D eigenvalue weighted by Crippen LogP contribution is 2.29. The summed E-state index contributed by atoms with van der Waals surface area (Å²) in [6.45, 7) is 2.28. The monoisotopic (exact) mass is 418 g/mol. The van der Waals surface area contributed by atoms with Crippen molar-refractivity contribution in [2.45, 2.75) is 11.8 Å². The number of benzene rings is 3. The van der Waals surface area contributed by atoms with Gasteiger partial charge < -0.3 is 4.74 Å². The van der Waals surface area contributed by atoms with E-state index in [1.165, 1.54) is 0 Å². The molecule has 0 unspecified atom stereocenters. The number of hydrogen-bond acceptors (Lipinski definition) is 4. The van der Waals surface area contributed by atoms with Crippen molar-refractivity contribution in [2.24, 2.45) is 0 Å². The fourth-order valence-electron chi connectivity index (χ4n) is 3.16. The van der Waals surface area contributed by atoms with Gasteiger partial charge in [0, 0.05) is 23.6 Å². The average molecular weight is 419 g/mol. The first-order valence-electron chi connectivity index (χ1n) is 9.67. The van der Waals surface area contributed by atoms with Crippen LogP contribution in [0.1, 0.15) is 5.56 Å². The standard InChI is InChI=1S/C24H22N2O3S/c1-18-11-13-20(14-12-18)30(27,28)25-15-16-29-24-17-23(19-7-3-2-4-8-19)26-22-10-6-5-9-21(22)24/h2-14,17,25H,15-16H2,1H3. The number of aromatic nitrogens is 1. The number of hydrogen-bond donors (Lipinski definition) is 1. The maximum absolute atomic E-state index is 12.4. The first kappa shape index (κ1) is 20.1. The SMILES string of the molecule is Cc1ccc(S(=O)(=O)NCCOc2cc(-c3ccccc3)nc3ccccc23)cc1. The van der Waals surface area contributed by atoms with Crippen molar-refractivity contribution in [3.05, 3.63) is 90.5 Å². The minimum absolute atomic E-state index is 0.160. The number of aryl methyl sites for hydroxylation is 1. The Kier molecular flexibility index (Phi) is 5.79. The maximum Gasteiger partial charge on any atom is 0.240 e. The zero-order valence-electron chi connectivity index (χ0n) is 16.6. The highest BCUT2D eigenvalue weighted by molar-refractivity contribution is 7.89. The van der Waals surface area contributed by atoms with Crippen LogP contribution in [0.4, 0.5) is 0 Å². The summed E-state index contributed by atoms with van der Waals surface area (Å²) in [5.41, 5.74) is 3.64. The van der Waals surface area contributed by atoms with Crippen molar-refractivity contribution in [1.29, 1.82) is 0 Å². The molecule has 0 aliphatic carbocycles. The van der Waals surface area contributed by atoms with Crippen molar-refractivity contribution < 1.29 is 13.2 Å². The van der Waals surface area contributed by atoms with Gasteiger partial charge in [-0.25, -0.2) is 18.1 Å². The van der Waals surface area contributed by atoms with E-state index in [0.29, 0.717) is 5.75 Å². The molecule has 5 nitrogen and oxygen atoms in total.